The monoisotopic (exact) mass is 502 g/mol. The van der Waals surface area contributed by atoms with E-state index in [-0.39, 0.29) is 11.3 Å². The molecule has 1 atom stereocenters. The van der Waals surface area contributed by atoms with E-state index in [1.807, 2.05) is 61.5 Å². The molecule has 0 radical (unpaired) electrons. The van der Waals surface area contributed by atoms with Crippen LogP contribution in [0.15, 0.2) is 88.5 Å². The van der Waals surface area contributed by atoms with Crippen LogP contribution in [0.4, 0.5) is 11.4 Å². The first kappa shape index (κ1) is 23.5. The molecule has 0 saturated carbocycles. The molecule has 36 heavy (non-hydrogen) atoms. The average molecular weight is 503 g/mol. The van der Waals surface area contributed by atoms with E-state index in [0.717, 1.165) is 5.69 Å². The molecule has 0 fully saturated rings. The maximum Gasteiger partial charge on any atom is 0.294 e. The first-order valence-electron chi connectivity index (χ1n) is 11.2. The van der Waals surface area contributed by atoms with Crippen LogP contribution < -0.4 is 14.5 Å². The fourth-order valence-corrected chi connectivity index (χ4v) is 4.66. The zero-order chi connectivity index (χ0) is 25.6. The highest BCUT2D eigenvalue weighted by Gasteiger charge is 2.45. The standard InChI is InChI=1S/C28H23ClN2O5/c1-30(2)19-9-11-20(12-10-19)31-24(16-7-5-4-6-8-16)23(26(33)28(31)34)25(32)21-14-17-13-18(29)15-22(35-3)27(17)36-21/h4-15,24,33H,1-3H3. The molecular formula is C28H23ClN2O5. The minimum absolute atomic E-state index is 0.0364. The number of carbonyl (C=O) groups is 2. The van der Waals surface area contributed by atoms with Gasteiger partial charge in [0.05, 0.1) is 18.7 Å². The molecule has 4 aromatic rings. The van der Waals surface area contributed by atoms with Crippen LogP contribution in [0.1, 0.15) is 22.2 Å². The molecule has 1 amide bonds. The lowest BCUT2D eigenvalue weighted by molar-refractivity contribution is -0.117. The first-order valence-corrected chi connectivity index (χ1v) is 11.6. The summed E-state index contributed by atoms with van der Waals surface area (Å²) in [5.41, 5.74) is 2.46. The van der Waals surface area contributed by atoms with Gasteiger partial charge in [-0.05, 0) is 42.0 Å². The van der Waals surface area contributed by atoms with Crippen molar-refractivity contribution in [2.45, 2.75) is 6.04 Å². The Morgan fingerprint density at radius 2 is 1.75 bits per heavy atom. The summed E-state index contributed by atoms with van der Waals surface area (Å²) in [5.74, 6) is -1.54. The molecular weight excluding hydrogens is 480 g/mol. The maximum absolute atomic E-state index is 13.8. The summed E-state index contributed by atoms with van der Waals surface area (Å²) in [6.07, 6.45) is 0. The summed E-state index contributed by atoms with van der Waals surface area (Å²) in [4.78, 5) is 30.5. The van der Waals surface area contributed by atoms with Crippen molar-refractivity contribution in [3.63, 3.8) is 0 Å². The number of halogens is 1. The van der Waals surface area contributed by atoms with Gasteiger partial charge in [-0.1, -0.05) is 41.9 Å². The molecule has 0 aliphatic carbocycles. The highest BCUT2D eigenvalue weighted by molar-refractivity contribution is 6.31. The second kappa shape index (κ2) is 9.09. The Balaban J connectivity index is 1.63. The summed E-state index contributed by atoms with van der Waals surface area (Å²) in [7, 11) is 5.31. The Kier molecular flexibility index (Phi) is 5.94. The zero-order valence-electron chi connectivity index (χ0n) is 19.9. The number of methoxy groups -OCH3 is 1. The third-order valence-corrected chi connectivity index (χ3v) is 6.42. The van der Waals surface area contributed by atoms with Crippen molar-refractivity contribution in [2.24, 2.45) is 0 Å². The van der Waals surface area contributed by atoms with Gasteiger partial charge < -0.3 is 19.2 Å². The molecule has 182 valence electrons. The third kappa shape index (κ3) is 3.87. The fraction of sp³-hybridized carbons (Fsp3) is 0.143. The van der Waals surface area contributed by atoms with E-state index < -0.39 is 23.5 Å². The SMILES string of the molecule is COc1cc(Cl)cc2cc(C(=O)C3=C(O)C(=O)N(c4ccc(N(C)C)cc4)C3c3ccccc3)oc12. The minimum atomic E-state index is -0.852. The number of rotatable bonds is 6. The number of amides is 1. The molecule has 1 aliphatic rings. The number of benzene rings is 3. The van der Waals surface area contributed by atoms with E-state index in [1.54, 1.807) is 24.3 Å². The van der Waals surface area contributed by atoms with Gasteiger partial charge in [-0.15, -0.1) is 0 Å². The molecule has 0 bridgehead atoms. The van der Waals surface area contributed by atoms with Gasteiger partial charge >= 0.3 is 0 Å². The number of hydrogen-bond donors (Lipinski definition) is 1. The highest BCUT2D eigenvalue weighted by Crippen LogP contribution is 2.43. The first-order chi connectivity index (χ1) is 17.3. The average Bonchev–Trinajstić information content (AvgIpc) is 3.42. The number of nitrogens with zero attached hydrogens (tertiary/aromatic N) is 2. The Hall–Kier alpha value is -4.23. The van der Waals surface area contributed by atoms with Crippen molar-refractivity contribution >= 4 is 45.6 Å². The molecule has 1 aromatic heterocycles. The lowest BCUT2D eigenvalue weighted by Gasteiger charge is -2.27. The lowest BCUT2D eigenvalue weighted by atomic mass is 9.95. The van der Waals surface area contributed by atoms with E-state index >= 15 is 0 Å². The van der Waals surface area contributed by atoms with Gasteiger partial charge in [-0.2, -0.15) is 0 Å². The van der Waals surface area contributed by atoms with Crippen LogP contribution in [0, 0.1) is 0 Å². The van der Waals surface area contributed by atoms with Crippen LogP contribution in [0.3, 0.4) is 0 Å². The largest absolute Gasteiger partial charge is 0.503 e. The number of aliphatic hydroxyl groups excluding tert-OH is 1. The van der Waals surface area contributed by atoms with Crippen LogP contribution in [0.25, 0.3) is 11.0 Å². The number of fused-ring (bicyclic) bond motifs is 1. The number of aliphatic hydroxyl groups is 1. The fourth-order valence-electron chi connectivity index (χ4n) is 4.45. The molecule has 8 heteroatoms. The quantitative estimate of drug-likeness (QED) is 0.328. The lowest BCUT2D eigenvalue weighted by Crippen LogP contribution is -2.31. The zero-order valence-corrected chi connectivity index (χ0v) is 20.6. The summed E-state index contributed by atoms with van der Waals surface area (Å²) in [6, 6.07) is 20.4. The van der Waals surface area contributed by atoms with Crippen LogP contribution >= 0.6 is 11.6 Å². The van der Waals surface area contributed by atoms with Crippen molar-refractivity contribution in [1.29, 1.82) is 0 Å². The third-order valence-electron chi connectivity index (χ3n) is 6.20. The highest BCUT2D eigenvalue weighted by atomic mass is 35.5. The molecule has 1 aliphatic heterocycles. The van der Waals surface area contributed by atoms with E-state index in [2.05, 4.69) is 0 Å². The van der Waals surface area contributed by atoms with Gasteiger partial charge in [-0.3, -0.25) is 14.5 Å². The van der Waals surface area contributed by atoms with E-state index in [0.29, 0.717) is 33.0 Å². The van der Waals surface area contributed by atoms with Crippen LogP contribution in [-0.4, -0.2) is 38.0 Å². The number of furan rings is 1. The van der Waals surface area contributed by atoms with Crippen molar-refractivity contribution in [1.82, 2.24) is 0 Å². The predicted molar refractivity (Wildman–Crippen MR) is 139 cm³/mol. The van der Waals surface area contributed by atoms with Gasteiger partial charge in [0, 0.05) is 41.9 Å². The van der Waals surface area contributed by atoms with Crippen molar-refractivity contribution in [2.75, 3.05) is 31.0 Å². The predicted octanol–water partition coefficient (Wildman–Crippen LogP) is 5.94. The second-order valence-corrected chi connectivity index (χ2v) is 9.06. The van der Waals surface area contributed by atoms with E-state index in [4.69, 9.17) is 20.8 Å². The van der Waals surface area contributed by atoms with Crippen LogP contribution in [-0.2, 0) is 4.79 Å². The maximum atomic E-state index is 13.8. The summed E-state index contributed by atoms with van der Waals surface area (Å²) >= 11 is 6.17. The summed E-state index contributed by atoms with van der Waals surface area (Å²) in [6.45, 7) is 0. The molecule has 2 heterocycles. The molecule has 3 aromatic carbocycles. The number of carbonyl (C=O) groups excluding carboxylic acids is 2. The van der Waals surface area contributed by atoms with Crippen molar-refractivity contribution in [3.8, 4) is 5.75 Å². The van der Waals surface area contributed by atoms with Gasteiger partial charge in [0.15, 0.2) is 22.9 Å². The number of hydrogen-bond acceptors (Lipinski definition) is 6. The molecule has 7 nitrogen and oxygen atoms in total. The van der Waals surface area contributed by atoms with E-state index in [9.17, 15) is 14.7 Å². The summed E-state index contributed by atoms with van der Waals surface area (Å²) in [5, 5.41) is 12.0. The Morgan fingerprint density at radius 3 is 2.39 bits per heavy atom. The summed E-state index contributed by atoms with van der Waals surface area (Å²) < 4.78 is 11.2. The van der Waals surface area contributed by atoms with Crippen LogP contribution in [0.5, 0.6) is 5.75 Å². The van der Waals surface area contributed by atoms with Gasteiger partial charge in [0.25, 0.3) is 5.91 Å². The number of ether oxygens (including phenoxy) is 1. The second-order valence-electron chi connectivity index (χ2n) is 8.63. The van der Waals surface area contributed by atoms with Crippen LogP contribution in [0.2, 0.25) is 5.02 Å². The normalized spacial score (nSPS) is 15.6. The number of Topliss-reactive ketones (excluding diaryl/α,β-unsaturated/α-hetero) is 1. The van der Waals surface area contributed by atoms with E-state index in [1.165, 1.54) is 18.1 Å². The number of ketones is 1. The molecule has 0 spiro atoms. The molecule has 5 rings (SSSR count). The Bertz CT molecular complexity index is 1510. The molecule has 0 saturated heterocycles. The van der Waals surface area contributed by atoms with Gasteiger partial charge in [-0.25, -0.2) is 0 Å². The number of anilines is 2. The minimum Gasteiger partial charge on any atom is -0.503 e. The topological polar surface area (TPSA) is 83.2 Å². The Labute approximate surface area is 212 Å². The van der Waals surface area contributed by atoms with Crippen molar-refractivity contribution in [3.05, 3.63) is 100 Å². The van der Waals surface area contributed by atoms with Gasteiger partial charge in [0.1, 0.15) is 0 Å². The smallest absolute Gasteiger partial charge is 0.294 e. The molecule has 1 N–H and O–H groups in total. The van der Waals surface area contributed by atoms with Gasteiger partial charge in [0.2, 0.25) is 5.78 Å². The van der Waals surface area contributed by atoms with Crippen molar-refractivity contribution < 1.29 is 23.8 Å². The Morgan fingerprint density at radius 1 is 1.06 bits per heavy atom. The molecule has 1 unspecified atom stereocenters.